The van der Waals surface area contributed by atoms with Gasteiger partial charge in [0, 0.05) is 10.7 Å². The SMILES string of the molecule is COc1ccc(NC(=O)C2(c3ccc(Cl)cc3)CCCCC2)cc1. The van der Waals surface area contributed by atoms with Crippen LogP contribution in [0.25, 0.3) is 0 Å². The number of carbonyl (C=O) groups is 1. The molecule has 1 aliphatic carbocycles. The van der Waals surface area contributed by atoms with Crippen LogP contribution in [0, 0.1) is 0 Å². The second-order valence-corrected chi connectivity index (χ2v) is 6.77. The van der Waals surface area contributed by atoms with Gasteiger partial charge >= 0.3 is 0 Å². The first-order chi connectivity index (χ1) is 11.6. The molecule has 1 N–H and O–H groups in total. The van der Waals surface area contributed by atoms with Crippen LogP contribution in [-0.2, 0) is 10.2 Å². The summed E-state index contributed by atoms with van der Waals surface area (Å²) in [5.41, 5.74) is 1.38. The molecule has 1 saturated carbocycles. The maximum Gasteiger partial charge on any atom is 0.235 e. The van der Waals surface area contributed by atoms with Crippen molar-refractivity contribution in [3.05, 3.63) is 59.1 Å². The summed E-state index contributed by atoms with van der Waals surface area (Å²) in [6.45, 7) is 0. The quantitative estimate of drug-likeness (QED) is 0.829. The van der Waals surface area contributed by atoms with Crippen molar-refractivity contribution in [1.29, 1.82) is 0 Å². The molecule has 0 unspecified atom stereocenters. The molecule has 1 fully saturated rings. The van der Waals surface area contributed by atoms with E-state index in [0.29, 0.717) is 5.02 Å². The molecule has 0 radical (unpaired) electrons. The first-order valence-electron chi connectivity index (χ1n) is 8.36. The zero-order valence-corrected chi connectivity index (χ0v) is 14.6. The molecular formula is C20H22ClNO2. The third-order valence-corrected chi connectivity index (χ3v) is 5.14. The number of methoxy groups -OCH3 is 1. The lowest BCUT2D eigenvalue weighted by atomic mass is 9.68. The van der Waals surface area contributed by atoms with Gasteiger partial charge in [-0.2, -0.15) is 0 Å². The maximum atomic E-state index is 13.2. The summed E-state index contributed by atoms with van der Waals surface area (Å²) in [5.74, 6) is 0.841. The first kappa shape index (κ1) is 16.8. The van der Waals surface area contributed by atoms with Crippen molar-refractivity contribution in [2.24, 2.45) is 0 Å². The Labute approximate surface area is 148 Å². The zero-order valence-electron chi connectivity index (χ0n) is 13.8. The number of carbonyl (C=O) groups excluding carboxylic acids is 1. The molecule has 0 bridgehead atoms. The third-order valence-electron chi connectivity index (χ3n) is 4.89. The van der Waals surface area contributed by atoms with Crippen molar-refractivity contribution in [1.82, 2.24) is 0 Å². The van der Waals surface area contributed by atoms with Gasteiger partial charge in [-0.15, -0.1) is 0 Å². The fraction of sp³-hybridized carbons (Fsp3) is 0.350. The third kappa shape index (κ3) is 3.41. The standard InChI is InChI=1S/C20H22ClNO2/c1-24-18-11-9-17(10-12-18)22-19(23)20(13-3-2-4-14-20)15-5-7-16(21)8-6-15/h5-12H,2-4,13-14H2,1H3,(H,22,23). The summed E-state index contributed by atoms with van der Waals surface area (Å²) in [5, 5.41) is 3.78. The van der Waals surface area contributed by atoms with Crippen molar-refractivity contribution in [2.75, 3.05) is 12.4 Å². The summed E-state index contributed by atoms with van der Waals surface area (Å²) < 4.78 is 5.17. The van der Waals surface area contributed by atoms with E-state index < -0.39 is 5.41 Å². The molecule has 3 rings (SSSR count). The Balaban J connectivity index is 1.87. The molecule has 1 amide bonds. The van der Waals surface area contributed by atoms with E-state index in [2.05, 4.69) is 5.32 Å². The molecule has 0 heterocycles. The van der Waals surface area contributed by atoms with Crippen LogP contribution in [-0.4, -0.2) is 13.0 Å². The number of benzene rings is 2. The Kier molecular flexibility index (Phi) is 5.10. The predicted molar refractivity (Wildman–Crippen MR) is 97.8 cm³/mol. The summed E-state index contributed by atoms with van der Waals surface area (Å²) in [6, 6.07) is 15.2. The molecule has 0 atom stereocenters. The molecule has 0 saturated heterocycles. The smallest absolute Gasteiger partial charge is 0.235 e. The number of halogens is 1. The van der Waals surface area contributed by atoms with Gasteiger partial charge in [0.1, 0.15) is 5.75 Å². The summed E-state index contributed by atoms with van der Waals surface area (Å²) >= 11 is 6.02. The number of amides is 1. The number of hydrogen-bond donors (Lipinski definition) is 1. The van der Waals surface area contributed by atoms with Crippen LogP contribution in [0.4, 0.5) is 5.69 Å². The van der Waals surface area contributed by atoms with Crippen LogP contribution in [0.3, 0.4) is 0 Å². The van der Waals surface area contributed by atoms with Crippen molar-refractivity contribution in [3.63, 3.8) is 0 Å². The highest BCUT2D eigenvalue weighted by Gasteiger charge is 2.41. The number of anilines is 1. The molecule has 0 aromatic heterocycles. The first-order valence-corrected chi connectivity index (χ1v) is 8.73. The minimum atomic E-state index is -0.469. The van der Waals surface area contributed by atoms with Gasteiger partial charge in [-0.25, -0.2) is 0 Å². The monoisotopic (exact) mass is 343 g/mol. The van der Waals surface area contributed by atoms with Crippen molar-refractivity contribution in [3.8, 4) is 5.75 Å². The highest BCUT2D eigenvalue weighted by atomic mass is 35.5. The highest BCUT2D eigenvalue weighted by molar-refractivity contribution is 6.30. The van der Waals surface area contributed by atoms with Gasteiger partial charge in [-0.1, -0.05) is 43.0 Å². The van der Waals surface area contributed by atoms with Crippen LogP contribution in [0.5, 0.6) is 5.75 Å². The number of hydrogen-bond acceptors (Lipinski definition) is 2. The van der Waals surface area contributed by atoms with E-state index >= 15 is 0 Å². The minimum Gasteiger partial charge on any atom is -0.497 e. The van der Waals surface area contributed by atoms with Crippen LogP contribution in [0.1, 0.15) is 37.7 Å². The van der Waals surface area contributed by atoms with Gasteiger partial charge in [0.05, 0.1) is 12.5 Å². The average Bonchev–Trinajstić information content (AvgIpc) is 2.63. The lowest BCUT2D eigenvalue weighted by Crippen LogP contribution is -2.42. The molecule has 0 aliphatic heterocycles. The number of ether oxygens (including phenoxy) is 1. The second-order valence-electron chi connectivity index (χ2n) is 6.33. The number of rotatable bonds is 4. The van der Waals surface area contributed by atoms with E-state index in [1.165, 1.54) is 6.42 Å². The summed E-state index contributed by atoms with van der Waals surface area (Å²) in [6.07, 6.45) is 5.07. The average molecular weight is 344 g/mol. The second kappa shape index (κ2) is 7.27. The summed E-state index contributed by atoms with van der Waals surface area (Å²) in [4.78, 5) is 13.2. The number of nitrogens with one attached hydrogen (secondary N) is 1. The Bertz CT molecular complexity index is 689. The van der Waals surface area contributed by atoms with Crippen LogP contribution >= 0.6 is 11.6 Å². The van der Waals surface area contributed by atoms with Gasteiger partial charge in [-0.05, 0) is 54.8 Å². The molecule has 3 nitrogen and oxygen atoms in total. The Morgan fingerprint density at radius 2 is 1.62 bits per heavy atom. The van der Waals surface area contributed by atoms with Gasteiger partial charge in [0.25, 0.3) is 0 Å². The molecule has 1 aliphatic rings. The largest absolute Gasteiger partial charge is 0.497 e. The highest BCUT2D eigenvalue weighted by Crippen LogP contribution is 2.41. The Hall–Kier alpha value is -2.00. The minimum absolute atomic E-state index is 0.0645. The van der Waals surface area contributed by atoms with E-state index in [9.17, 15) is 4.79 Å². The molecule has 4 heteroatoms. The van der Waals surface area contributed by atoms with Gasteiger partial charge in [0.15, 0.2) is 0 Å². The summed E-state index contributed by atoms with van der Waals surface area (Å²) in [7, 11) is 1.63. The van der Waals surface area contributed by atoms with Gasteiger partial charge in [0.2, 0.25) is 5.91 Å². The topological polar surface area (TPSA) is 38.3 Å². The van der Waals surface area contributed by atoms with Crippen LogP contribution in [0.15, 0.2) is 48.5 Å². The molecule has 2 aromatic rings. The Morgan fingerprint density at radius 1 is 1.00 bits per heavy atom. The molecule has 2 aromatic carbocycles. The lowest BCUT2D eigenvalue weighted by molar-refractivity contribution is -0.122. The van der Waals surface area contributed by atoms with E-state index in [0.717, 1.165) is 42.7 Å². The van der Waals surface area contributed by atoms with Crippen LogP contribution < -0.4 is 10.1 Å². The zero-order chi connectivity index (χ0) is 17.0. The fourth-order valence-electron chi connectivity index (χ4n) is 3.50. The molecule has 0 spiro atoms. The maximum absolute atomic E-state index is 13.2. The van der Waals surface area contributed by atoms with Crippen molar-refractivity contribution < 1.29 is 9.53 Å². The van der Waals surface area contributed by atoms with E-state index in [1.807, 2.05) is 48.5 Å². The van der Waals surface area contributed by atoms with Crippen molar-refractivity contribution >= 4 is 23.2 Å². The normalized spacial score (nSPS) is 16.4. The van der Waals surface area contributed by atoms with Crippen LogP contribution in [0.2, 0.25) is 5.02 Å². The van der Waals surface area contributed by atoms with E-state index in [1.54, 1.807) is 7.11 Å². The predicted octanol–water partition coefficient (Wildman–Crippen LogP) is 5.19. The molecular weight excluding hydrogens is 322 g/mol. The lowest BCUT2D eigenvalue weighted by Gasteiger charge is -2.36. The van der Waals surface area contributed by atoms with Gasteiger partial charge in [-0.3, -0.25) is 4.79 Å². The molecule has 24 heavy (non-hydrogen) atoms. The fourth-order valence-corrected chi connectivity index (χ4v) is 3.62. The Morgan fingerprint density at radius 3 is 2.21 bits per heavy atom. The van der Waals surface area contributed by atoms with Gasteiger partial charge < -0.3 is 10.1 Å². The van der Waals surface area contributed by atoms with E-state index in [-0.39, 0.29) is 5.91 Å². The van der Waals surface area contributed by atoms with Crippen molar-refractivity contribution in [2.45, 2.75) is 37.5 Å². The van der Waals surface area contributed by atoms with E-state index in [4.69, 9.17) is 16.3 Å². The molecule has 126 valence electrons.